The lowest BCUT2D eigenvalue weighted by Gasteiger charge is -2.27. The first-order valence-corrected chi connectivity index (χ1v) is 8.28. The average molecular weight is 362 g/mol. The molecule has 0 radical (unpaired) electrons. The van der Waals surface area contributed by atoms with Crippen LogP contribution in [0.3, 0.4) is 0 Å². The quantitative estimate of drug-likeness (QED) is 0.880. The molecule has 5 nitrogen and oxygen atoms in total. The predicted octanol–water partition coefficient (Wildman–Crippen LogP) is 4.35. The number of ether oxygens (including phenoxy) is 2. The highest BCUT2D eigenvalue weighted by atomic mass is 19.1. The molecule has 1 heterocycles. The van der Waals surface area contributed by atoms with Gasteiger partial charge in [-0.25, -0.2) is 13.6 Å². The Morgan fingerprint density at radius 3 is 2.65 bits per heavy atom. The first kappa shape index (κ1) is 18.0. The van der Waals surface area contributed by atoms with Crippen LogP contribution in [0, 0.1) is 11.6 Å². The molecule has 1 fully saturated rings. The third-order valence-corrected chi connectivity index (χ3v) is 4.48. The third kappa shape index (κ3) is 3.56. The van der Waals surface area contributed by atoms with Crippen LogP contribution < -0.4 is 14.8 Å². The van der Waals surface area contributed by atoms with Gasteiger partial charge in [0.15, 0.2) is 0 Å². The minimum Gasteiger partial charge on any atom is -0.497 e. The molecule has 0 unspecified atom stereocenters. The number of benzene rings is 2. The number of likely N-dealkylation sites (tertiary alicyclic amines) is 1. The highest BCUT2D eigenvalue weighted by Crippen LogP contribution is 2.39. The van der Waals surface area contributed by atoms with Crippen molar-refractivity contribution in [3.05, 3.63) is 53.6 Å². The zero-order chi connectivity index (χ0) is 18.7. The van der Waals surface area contributed by atoms with Gasteiger partial charge in [0.25, 0.3) is 0 Å². The summed E-state index contributed by atoms with van der Waals surface area (Å²) in [6.07, 6.45) is 1.56. The monoisotopic (exact) mass is 362 g/mol. The molecule has 7 heteroatoms. The summed E-state index contributed by atoms with van der Waals surface area (Å²) >= 11 is 0. The molecule has 3 rings (SSSR count). The van der Waals surface area contributed by atoms with Gasteiger partial charge in [0, 0.05) is 18.2 Å². The van der Waals surface area contributed by atoms with Crippen molar-refractivity contribution >= 4 is 11.7 Å². The highest BCUT2D eigenvalue weighted by Gasteiger charge is 2.32. The number of nitrogens with zero attached hydrogens (tertiary/aromatic N) is 1. The molecule has 138 valence electrons. The molecule has 0 saturated carbocycles. The fraction of sp³-hybridized carbons (Fsp3) is 0.316. The van der Waals surface area contributed by atoms with Gasteiger partial charge in [-0.15, -0.1) is 0 Å². The molecule has 1 atom stereocenters. The van der Waals surface area contributed by atoms with Gasteiger partial charge < -0.3 is 19.7 Å². The number of nitrogens with one attached hydrogen (secondary N) is 1. The normalized spacial score (nSPS) is 16.5. The molecular weight excluding hydrogens is 342 g/mol. The van der Waals surface area contributed by atoms with Crippen LogP contribution in [0.4, 0.5) is 19.3 Å². The molecule has 1 saturated heterocycles. The summed E-state index contributed by atoms with van der Waals surface area (Å²) in [5.74, 6) is -0.185. The van der Waals surface area contributed by atoms with E-state index in [2.05, 4.69) is 5.32 Å². The Hall–Kier alpha value is -2.83. The van der Waals surface area contributed by atoms with Gasteiger partial charge in [0.05, 0.1) is 25.9 Å². The van der Waals surface area contributed by atoms with Gasteiger partial charge in [-0.2, -0.15) is 0 Å². The van der Waals surface area contributed by atoms with Gasteiger partial charge >= 0.3 is 6.03 Å². The van der Waals surface area contributed by atoms with Crippen LogP contribution in [0.1, 0.15) is 24.4 Å². The SMILES string of the molecule is COc1ccc(OC)c([C@H]2CCCN2C(=O)Nc2ccc(F)cc2F)c1. The van der Waals surface area contributed by atoms with Crippen LogP contribution in [0.25, 0.3) is 0 Å². The van der Waals surface area contributed by atoms with E-state index in [1.165, 1.54) is 6.07 Å². The highest BCUT2D eigenvalue weighted by molar-refractivity contribution is 5.90. The zero-order valence-electron chi connectivity index (χ0n) is 14.6. The fourth-order valence-corrected chi connectivity index (χ4v) is 3.21. The predicted molar refractivity (Wildman–Crippen MR) is 93.6 cm³/mol. The van der Waals surface area contributed by atoms with E-state index in [0.29, 0.717) is 18.0 Å². The van der Waals surface area contributed by atoms with Crippen molar-refractivity contribution in [1.29, 1.82) is 0 Å². The van der Waals surface area contributed by atoms with Gasteiger partial charge in [-0.3, -0.25) is 0 Å². The molecule has 2 amide bonds. The van der Waals surface area contributed by atoms with E-state index in [9.17, 15) is 13.6 Å². The maximum absolute atomic E-state index is 13.8. The number of urea groups is 1. The summed E-state index contributed by atoms with van der Waals surface area (Å²) in [6.45, 7) is 0.527. The Balaban J connectivity index is 1.85. The third-order valence-electron chi connectivity index (χ3n) is 4.48. The minimum atomic E-state index is -0.812. The van der Waals surface area contributed by atoms with Crippen LogP contribution in [-0.4, -0.2) is 31.7 Å². The first-order chi connectivity index (χ1) is 12.5. The number of carbonyl (C=O) groups excluding carboxylic acids is 1. The van der Waals surface area contributed by atoms with Crippen LogP contribution in [-0.2, 0) is 0 Å². The van der Waals surface area contributed by atoms with Gasteiger partial charge in [-0.1, -0.05) is 0 Å². The maximum atomic E-state index is 13.8. The van der Waals surface area contributed by atoms with E-state index in [0.717, 1.165) is 30.5 Å². The van der Waals surface area contributed by atoms with Gasteiger partial charge in [-0.05, 0) is 43.2 Å². The van der Waals surface area contributed by atoms with E-state index in [-0.39, 0.29) is 11.7 Å². The molecule has 26 heavy (non-hydrogen) atoms. The number of carbonyl (C=O) groups is 1. The molecule has 1 aliphatic rings. The van der Waals surface area contributed by atoms with Crippen LogP contribution >= 0.6 is 0 Å². The Morgan fingerprint density at radius 2 is 1.96 bits per heavy atom. The molecule has 1 N–H and O–H groups in total. The lowest BCUT2D eigenvalue weighted by molar-refractivity contribution is 0.206. The number of hydrogen-bond acceptors (Lipinski definition) is 3. The molecule has 0 aromatic heterocycles. The number of amides is 2. The van der Waals surface area contributed by atoms with Crippen molar-refractivity contribution < 1.29 is 23.0 Å². The molecular formula is C19H20F2N2O3. The zero-order valence-corrected chi connectivity index (χ0v) is 14.6. The lowest BCUT2D eigenvalue weighted by atomic mass is 10.0. The summed E-state index contributed by atoms with van der Waals surface area (Å²) in [5, 5.41) is 2.52. The van der Waals surface area contributed by atoms with E-state index in [4.69, 9.17) is 9.47 Å². The standard InChI is InChI=1S/C19H20F2N2O3/c1-25-13-6-8-18(26-2)14(11-13)17-4-3-9-23(17)19(24)22-16-7-5-12(20)10-15(16)21/h5-8,10-11,17H,3-4,9H2,1-2H3,(H,22,24)/t17-/m1/s1. The molecule has 0 spiro atoms. The van der Waals surface area contributed by atoms with Gasteiger partial charge in [0.2, 0.25) is 0 Å². The van der Waals surface area contributed by atoms with E-state index in [1.54, 1.807) is 31.3 Å². The van der Waals surface area contributed by atoms with Crippen molar-refractivity contribution in [2.24, 2.45) is 0 Å². The fourth-order valence-electron chi connectivity index (χ4n) is 3.21. The molecule has 2 aromatic rings. The summed E-state index contributed by atoms with van der Waals surface area (Å²) in [6, 6.07) is 7.81. The van der Waals surface area contributed by atoms with Crippen LogP contribution in [0.2, 0.25) is 0 Å². The Labute approximate surface area is 150 Å². The number of halogens is 2. The molecule has 0 aliphatic carbocycles. The van der Waals surface area contributed by atoms with Crippen molar-refractivity contribution in [2.45, 2.75) is 18.9 Å². The van der Waals surface area contributed by atoms with Crippen molar-refractivity contribution in [3.8, 4) is 11.5 Å². The Morgan fingerprint density at radius 1 is 1.15 bits per heavy atom. The summed E-state index contributed by atoms with van der Waals surface area (Å²) < 4.78 is 37.6. The minimum absolute atomic E-state index is 0.0559. The summed E-state index contributed by atoms with van der Waals surface area (Å²) in [5.41, 5.74) is 0.777. The van der Waals surface area contributed by atoms with Gasteiger partial charge in [0.1, 0.15) is 23.1 Å². The molecule has 0 bridgehead atoms. The lowest BCUT2D eigenvalue weighted by Crippen LogP contribution is -2.34. The second-order valence-corrected chi connectivity index (χ2v) is 6.01. The summed E-state index contributed by atoms with van der Waals surface area (Å²) in [7, 11) is 3.14. The second kappa shape index (κ2) is 7.59. The maximum Gasteiger partial charge on any atom is 0.322 e. The average Bonchev–Trinajstić information content (AvgIpc) is 3.13. The number of anilines is 1. The van der Waals surface area contributed by atoms with Crippen molar-refractivity contribution in [1.82, 2.24) is 4.90 Å². The topological polar surface area (TPSA) is 50.8 Å². The number of hydrogen-bond donors (Lipinski definition) is 1. The number of methoxy groups -OCH3 is 2. The van der Waals surface area contributed by atoms with E-state index >= 15 is 0 Å². The summed E-state index contributed by atoms with van der Waals surface area (Å²) in [4.78, 5) is 14.3. The molecule has 1 aliphatic heterocycles. The smallest absolute Gasteiger partial charge is 0.322 e. The first-order valence-electron chi connectivity index (χ1n) is 8.28. The Kier molecular flexibility index (Phi) is 5.25. The van der Waals surface area contributed by atoms with E-state index < -0.39 is 17.7 Å². The molecule has 2 aromatic carbocycles. The van der Waals surface area contributed by atoms with Crippen molar-refractivity contribution in [3.63, 3.8) is 0 Å². The largest absolute Gasteiger partial charge is 0.497 e. The van der Waals surface area contributed by atoms with Crippen molar-refractivity contribution in [2.75, 3.05) is 26.1 Å². The number of rotatable bonds is 4. The van der Waals surface area contributed by atoms with Crippen LogP contribution in [0.15, 0.2) is 36.4 Å². The second-order valence-electron chi connectivity index (χ2n) is 6.01. The Bertz CT molecular complexity index is 813. The van der Waals surface area contributed by atoms with E-state index in [1.807, 2.05) is 6.07 Å². The van der Waals surface area contributed by atoms with Crippen LogP contribution in [0.5, 0.6) is 11.5 Å².